The molecular formula is C15H14Cl2O3. The second-order valence-corrected chi connectivity index (χ2v) is 5.17. The van der Waals surface area contributed by atoms with Gasteiger partial charge in [-0.05, 0) is 32.9 Å². The lowest BCUT2D eigenvalue weighted by molar-refractivity contribution is 0.103. The zero-order valence-electron chi connectivity index (χ0n) is 11.4. The molecule has 0 atom stereocenters. The van der Waals surface area contributed by atoms with Crippen molar-refractivity contribution in [1.82, 2.24) is 0 Å². The van der Waals surface area contributed by atoms with Crippen LogP contribution in [0, 0.1) is 13.8 Å². The lowest BCUT2D eigenvalue weighted by atomic mass is 10.0. The normalized spacial score (nSPS) is 10.7. The predicted octanol–water partition coefficient (Wildman–Crippen LogP) is 4.83. The number of hydrogen-bond acceptors (Lipinski definition) is 3. The third-order valence-electron chi connectivity index (χ3n) is 2.85. The van der Waals surface area contributed by atoms with Crippen LogP contribution in [0.2, 0.25) is 10.0 Å². The van der Waals surface area contributed by atoms with Crippen molar-refractivity contribution in [3.05, 3.63) is 50.9 Å². The molecule has 0 aliphatic heterocycles. The minimum atomic E-state index is -0.214. The molecule has 1 heterocycles. The van der Waals surface area contributed by atoms with Crippen LogP contribution in [0.5, 0.6) is 5.75 Å². The highest BCUT2D eigenvalue weighted by atomic mass is 35.5. The van der Waals surface area contributed by atoms with Gasteiger partial charge < -0.3 is 9.15 Å². The standard InChI is InChI=1S/C15H14Cl2O3/c1-4-19-14-7-12(16)11(6-13(14)17)15(18)10-5-8(2)20-9(10)3/h5-7H,4H2,1-3H3. The van der Waals surface area contributed by atoms with Gasteiger partial charge in [0, 0.05) is 11.6 Å². The van der Waals surface area contributed by atoms with Crippen LogP contribution in [-0.2, 0) is 0 Å². The second kappa shape index (κ2) is 5.90. The molecule has 0 bridgehead atoms. The van der Waals surface area contributed by atoms with E-state index in [9.17, 15) is 4.79 Å². The van der Waals surface area contributed by atoms with E-state index in [1.165, 1.54) is 6.07 Å². The Kier molecular flexibility index (Phi) is 4.41. The molecule has 20 heavy (non-hydrogen) atoms. The Morgan fingerprint density at radius 3 is 2.40 bits per heavy atom. The number of ether oxygens (including phenoxy) is 1. The van der Waals surface area contributed by atoms with Crippen LogP contribution >= 0.6 is 23.2 Å². The van der Waals surface area contributed by atoms with E-state index >= 15 is 0 Å². The van der Waals surface area contributed by atoms with E-state index in [-0.39, 0.29) is 5.78 Å². The predicted molar refractivity (Wildman–Crippen MR) is 79.2 cm³/mol. The molecule has 0 aliphatic carbocycles. The average molecular weight is 313 g/mol. The van der Waals surface area contributed by atoms with Crippen molar-refractivity contribution in [3.8, 4) is 5.75 Å². The molecule has 0 amide bonds. The van der Waals surface area contributed by atoms with Gasteiger partial charge in [-0.3, -0.25) is 4.79 Å². The Balaban J connectivity index is 2.45. The monoisotopic (exact) mass is 312 g/mol. The van der Waals surface area contributed by atoms with Crippen molar-refractivity contribution in [2.24, 2.45) is 0 Å². The molecule has 0 saturated carbocycles. The van der Waals surface area contributed by atoms with Gasteiger partial charge in [-0.1, -0.05) is 23.2 Å². The molecular weight excluding hydrogens is 299 g/mol. The number of ketones is 1. The summed E-state index contributed by atoms with van der Waals surface area (Å²) in [5.74, 6) is 1.50. The largest absolute Gasteiger partial charge is 0.492 e. The highest BCUT2D eigenvalue weighted by Crippen LogP contribution is 2.33. The van der Waals surface area contributed by atoms with Crippen molar-refractivity contribution in [1.29, 1.82) is 0 Å². The molecule has 0 radical (unpaired) electrons. The maximum absolute atomic E-state index is 12.5. The SMILES string of the molecule is CCOc1cc(Cl)c(C(=O)c2cc(C)oc2C)cc1Cl. The molecule has 0 saturated heterocycles. The summed E-state index contributed by atoms with van der Waals surface area (Å²) < 4.78 is 10.7. The van der Waals surface area contributed by atoms with Gasteiger partial charge in [-0.15, -0.1) is 0 Å². The molecule has 106 valence electrons. The molecule has 0 N–H and O–H groups in total. The molecule has 1 aromatic heterocycles. The van der Waals surface area contributed by atoms with Crippen LogP contribution in [-0.4, -0.2) is 12.4 Å². The highest BCUT2D eigenvalue weighted by Gasteiger charge is 2.20. The van der Waals surface area contributed by atoms with Gasteiger partial charge in [0.15, 0.2) is 5.78 Å². The number of carbonyl (C=O) groups excluding carboxylic acids is 1. The van der Waals surface area contributed by atoms with Crippen LogP contribution in [0.1, 0.15) is 34.4 Å². The van der Waals surface area contributed by atoms with Gasteiger partial charge in [0.05, 0.1) is 22.2 Å². The first-order valence-corrected chi connectivity index (χ1v) is 6.93. The quantitative estimate of drug-likeness (QED) is 0.759. The van der Waals surface area contributed by atoms with E-state index in [1.54, 1.807) is 26.0 Å². The first kappa shape index (κ1) is 14.9. The Morgan fingerprint density at radius 2 is 1.85 bits per heavy atom. The van der Waals surface area contributed by atoms with E-state index in [0.717, 1.165) is 0 Å². The molecule has 2 aromatic rings. The molecule has 5 heteroatoms. The van der Waals surface area contributed by atoms with E-state index in [4.69, 9.17) is 32.4 Å². The molecule has 1 aromatic carbocycles. The van der Waals surface area contributed by atoms with Crippen molar-refractivity contribution >= 4 is 29.0 Å². The molecule has 0 aliphatic rings. The summed E-state index contributed by atoms with van der Waals surface area (Å²) in [4.78, 5) is 12.5. The van der Waals surface area contributed by atoms with Crippen molar-refractivity contribution < 1.29 is 13.9 Å². The van der Waals surface area contributed by atoms with Crippen LogP contribution in [0.4, 0.5) is 0 Å². The summed E-state index contributed by atoms with van der Waals surface area (Å²) in [7, 11) is 0. The molecule has 2 rings (SSSR count). The second-order valence-electron chi connectivity index (χ2n) is 4.35. The highest BCUT2D eigenvalue weighted by molar-refractivity contribution is 6.37. The van der Waals surface area contributed by atoms with Crippen molar-refractivity contribution in [2.45, 2.75) is 20.8 Å². The fourth-order valence-corrected chi connectivity index (χ4v) is 2.43. The lowest BCUT2D eigenvalue weighted by Gasteiger charge is -2.09. The zero-order valence-corrected chi connectivity index (χ0v) is 12.9. The first-order valence-electron chi connectivity index (χ1n) is 6.17. The smallest absolute Gasteiger partial charge is 0.198 e. The van der Waals surface area contributed by atoms with Crippen LogP contribution in [0.25, 0.3) is 0 Å². The number of benzene rings is 1. The van der Waals surface area contributed by atoms with Gasteiger partial charge in [0.25, 0.3) is 0 Å². The Morgan fingerprint density at radius 1 is 1.15 bits per heavy atom. The lowest BCUT2D eigenvalue weighted by Crippen LogP contribution is -2.03. The Hall–Kier alpha value is -1.45. The summed E-state index contributed by atoms with van der Waals surface area (Å²) in [5, 5.41) is 0.665. The minimum Gasteiger partial charge on any atom is -0.492 e. The minimum absolute atomic E-state index is 0.214. The van der Waals surface area contributed by atoms with Crippen LogP contribution in [0.15, 0.2) is 22.6 Å². The van der Waals surface area contributed by atoms with Gasteiger partial charge in [-0.2, -0.15) is 0 Å². The van der Waals surface area contributed by atoms with Gasteiger partial charge in [0.2, 0.25) is 0 Å². The number of aryl methyl sites for hydroxylation is 2. The van der Waals surface area contributed by atoms with E-state index in [0.29, 0.717) is 45.0 Å². The third kappa shape index (κ3) is 2.84. The summed E-state index contributed by atoms with van der Waals surface area (Å²) in [6, 6.07) is 4.78. The number of carbonyl (C=O) groups is 1. The van der Waals surface area contributed by atoms with Crippen LogP contribution < -0.4 is 4.74 Å². The topological polar surface area (TPSA) is 39.4 Å². The molecule has 3 nitrogen and oxygen atoms in total. The summed E-state index contributed by atoms with van der Waals surface area (Å²) in [5.41, 5.74) is 0.827. The van der Waals surface area contributed by atoms with E-state index < -0.39 is 0 Å². The van der Waals surface area contributed by atoms with Gasteiger partial charge >= 0.3 is 0 Å². The number of hydrogen-bond donors (Lipinski definition) is 0. The van der Waals surface area contributed by atoms with Crippen molar-refractivity contribution in [3.63, 3.8) is 0 Å². The molecule has 0 spiro atoms. The summed E-state index contributed by atoms with van der Waals surface area (Å²) >= 11 is 12.2. The van der Waals surface area contributed by atoms with Gasteiger partial charge in [-0.25, -0.2) is 0 Å². The first-order chi connectivity index (χ1) is 9.43. The van der Waals surface area contributed by atoms with E-state index in [1.807, 2.05) is 6.92 Å². The third-order valence-corrected chi connectivity index (χ3v) is 3.46. The van der Waals surface area contributed by atoms with Crippen LogP contribution in [0.3, 0.4) is 0 Å². The Labute approximate surface area is 127 Å². The number of furan rings is 1. The maximum atomic E-state index is 12.5. The fourth-order valence-electron chi connectivity index (χ4n) is 1.97. The molecule has 0 fully saturated rings. The Bertz CT molecular complexity index is 659. The van der Waals surface area contributed by atoms with Gasteiger partial charge in [0.1, 0.15) is 17.3 Å². The zero-order chi connectivity index (χ0) is 14.9. The van der Waals surface area contributed by atoms with E-state index in [2.05, 4.69) is 0 Å². The molecule has 0 unspecified atom stereocenters. The fraction of sp³-hybridized carbons (Fsp3) is 0.267. The summed E-state index contributed by atoms with van der Waals surface area (Å²) in [6.07, 6.45) is 0. The summed E-state index contributed by atoms with van der Waals surface area (Å²) in [6.45, 7) is 5.85. The maximum Gasteiger partial charge on any atom is 0.198 e. The number of rotatable bonds is 4. The average Bonchev–Trinajstić information content (AvgIpc) is 2.72. The number of halogens is 2. The van der Waals surface area contributed by atoms with Crippen molar-refractivity contribution in [2.75, 3.05) is 6.61 Å².